The van der Waals surface area contributed by atoms with E-state index in [0.717, 1.165) is 0 Å². The molecule has 7 saturated heterocycles. The molecule has 0 aromatic heterocycles. The minimum Gasteiger partial charge on any atom is -0.394 e. The first-order chi connectivity index (χ1) is 38.9. The van der Waals surface area contributed by atoms with Crippen LogP contribution in [-0.2, 0) is 66.4 Å². The molecular weight excluding hydrogens is 1200 g/mol. The third-order valence-electron chi connectivity index (χ3n) is 15.2. The Morgan fingerprint density at radius 3 is 0.695 bits per heavy atom. The van der Waals surface area contributed by atoms with E-state index in [4.69, 9.17) is 61.6 Å². The molecule has 0 amide bonds. The first-order valence-electron chi connectivity index (χ1n) is 26.0. The van der Waals surface area contributed by atoms with Crippen molar-refractivity contribution in [2.45, 2.75) is 221 Å². The first-order valence-corrected chi connectivity index (χ1v) is 27.1. The molecule has 7 rings (SSSR count). The number of hydrogen-bond donors (Lipinski definition) is 22. The van der Waals surface area contributed by atoms with Crippen LogP contribution in [0, 0.1) is 0 Å². The van der Waals surface area contributed by atoms with Gasteiger partial charge >= 0.3 is 0 Å². The summed E-state index contributed by atoms with van der Waals surface area (Å²) in [5, 5.41) is 235. The molecule has 0 aromatic carbocycles. The van der Waals surface area contributed by atoms with E-state index in [-0.39, 0.29) is 11.8 Å². The molecule has 0 bridgehead atoms. The molecule has 7 aliphatic rings. The highest BCUT2D eigenvalue weighted by atomic mass is 79.9. The highest BCUT2D eigenvalue weighted by molar-refractivity contribution is 9.09. The molecule has 0 aromatic rings. The summed E-state index contributed by atoms with van der Waals surface area (Å²) in [5.41, 5.74) is 0. The van der Waals surface area contributed by atoms with Gasteiger partial charge in [0.25, 0.3) is 0 Å². The van der Waals surface area contributed by atoms with Gasteiger partial charge in [-0.1, -0.05) is 15.9 Å². The van der Waals surface area contributed by atoms with Crippen molar-refractivity contribution < 1.29 is 179 Å². The predicted molar refractivity (Wildman–Crippen MR) is 253 cm³/mol. The Labute approximate surface area is 472 Å². The summed E-state index contributed by atoms with van der Waals surface area (Å²) in [5.74, 6) is -0.407. The molecule has 82 heavy (non-hydrogen) atoms. The Hall–Kier alpha value is -1.25. The molecule has 14 unspecified atom stereocenters. The Morgan fingerprint density at radius 1 is 0.268 bits per heavy atom. The second-order valence-electron chi connectivity index (χ2n) is 20.6. The van der Waals surface area contributed by atoms with Gasteiger partial charge in [-0.05, 0) is 0 Å². The maximum atomic E-state index is 12.0. The first kappa shape index (κ1) is 68.2. The van der Waals surface area contributed by atoms with Gasteiger partial charge in [0.1, 0.15) is 177 Å². The van der Waals surface area contributed by atoms with Crippen molar-refractivity contribution in [3.63, 3.8) is 0 Å². The van der Waals surface area contributed by atoms with Crippen LogP contribution in [0.1, 0.15) is 6.42 Å². The predicted octanol–water partition coefficient (Wildman–Crippen LogP) is -14.9. The standard InChI is InChI=1S/C45H75BrO36/c46-2-10(54)1-11-19(55)22(58)34(13(4-48)70-11)77-41-29(65)24(60)36(15(6-50)72-41)79-43-31(67)26(62)38(17(8-52)74-43)81-45-33(69)27(63)39(18(9-53)76-45)82-44-32(68)25(61)37(16(7-51)75-44)80-42-30(66)23(59)35(14(5-49)73-42)78-40-28(64)21(57)20(56)12(3-47)71-40/h11-45,47-53,55-69H,1-9H2/t11-,12?,13?,14?,15?,16?,17?,18?,19?,20+,21-,22+,23+,24+,25+,26+,27+,28?,29?,30?,31?,32?,33?,34+,35+,36+,37+,38+,39+,40+,41+,42+,43+,44+,45+/m0/s1. The van der Waals surface area contributed by atoms with Crippen LogP contribution >= 0.6 is 15.9 Å². The monoisotopic (exact) mass is 1270 g/mol. The Kier molecular flexibility index (Phi) is 24.8. The van der Waals surface area contributed by atoms with E-state index in [1.54, 1.807) is 0 Å². The normalized spacial score (nSPS) is 51.4. The number of aliphatic hydroxyl groups is 22. The molecule has 478 valence electrons. The van der Waals surface area contributed by atoms with Crippen LogP contribution in [-0.4, -0.2) is 384 Å². The van der Waals surface area contributed by atoms with Crippen molar-refractivity contribution >= 4 is 21.7 Å². The van der Waals surface area contributed by atoms with Gasteiger partial charge in [-0.3, -0.25) is 4.79 Å². The summed E-state index contributed by atoms with van der Waals surface area (Å²) in [6, 6.07) is 0. The molecule has 37 heteroatoms. The van der Waals surface area contributed by atoms with Gasteiger partial charge in [-0.2, -0.15) is 0 Å². The second kappa shape index (κ2) is 29.8. The van der Waals surface area contributed by atoms with Crippen LogP contribution in [0.5, 0.6) is 0 Å². The molecular formula is C45H75BrO36. The smallest absolute Gasteiger partial charge is 0.187 e. The van der Waals surface area contributed by atoms with Crippen molar-refractivity contribution in [1.82, 2.24) is 0 Å². The van der Waals surface area contributed by atoms with Gasteiger partial charge in [0.2, 0.25) is 0 Å². The third kappa shape index (κ3) is 14.3. The topological polar surface area (TPSA) is 582 Å². The number of carbonyl (C=O) groups is 1. The van der Waals surface area contributed by atoms with Gasteiger partial charge < -0.3 is 174 Å². The van der Waals surface area contributed by atoms with Crippen molar-refractivity contribution in [2.24, 2.45) is 0 Å². The maximum absolute atomic E-state index is 12.0. The molecule has 22 N–H and O–H groups in total. The molecule has 36 nitrogen and oxygen atoms in total. The van der Waals surface area contributed by atoms with Crippen LogP contribution in [0.2, 0.25) is 0 Å². The minimum absolute atomic E-state index is 0.100. The Balaban J connectivity index is 0.942. The zero-order chi connectivity index (χ0) is 60.3. The number of halogens is 1. The number of hydrogen-bond acceptors (Lipinski definition) is 36. The summed E-state index contributed by atoms with van der Waals surface area (Å²) < 4.78 is 72.9. The van der Waals surface area contributed by atoms with Crippen molar-refractivity contribution in [1.29, 1.82) is 0 Å². The van der Waals surface area contributed by atoms with Crippen molar-refractivity contribution in [3.05, 3.63) is 0 Å². The quantitative estimate of drug-likeness (QED) is 0.0448. The third-order valence-corrected chi connectivity index (χ3v) is 15.9. The fourth-order valence-corrected chi connectivity index (χ4v) is 10.8. The number of aliphatic hydroxyl groups excluding tert-OH is 22. The van der Waals surface area contributed by atoms with E-state index in [0.29, 0.717) is 0 Å². The lowest BCUT2D eigenvalue weighted by Crippen LogP contribution is -2.68. The number of Topliss-reactive ketones (excluding diaryl/α,β-unsaturated/α-hetero) is 1. The molecule has 0 spiro atoms. The Bertz CT molecular complexity index is 1950. The molecule has 7 fully saturated rings. The van der Waals surface area contributed by atoms with Gasteiger partial charge in [-0.15, -0.1) is 0 Å². The highest BCUT2D eigenvalue weighted by Crippen LogP contribution is 2.38. The average molecular weight is 1270 g/mol. The summed E-state index contributed by atoms with van der Waals surface area (Å²) in [7, 11) is 0. The summed E-state index contributed by atoms with van der Waals surface area (Å²) in [6.45, 7) is -6.83. The fourth-order valence-electron chi connectivity index (χ4n) is 10.6. The van der Waals surface area contributed by atoms with E-state index < -0.39 is 267 Å². The lowest BCUT2D eigenvalue weighted by Gasteiger charge is -2.50. The number of rotatable bonds is 22. The largest absolute Gasteiger partial charge is 0.394 e. The summed E-state index contributed by atoms with van der Waals surface area (Å²) >= 11 is 2.98. The van der Waals surface area contributed by atoms with Gasteiger partial charge in [0, 0.05) is 6.42 Å². The zero-order valence-electron chi connectivity index (χ0n) is 43.0. The van der Waals surface area contributed by atoms with Crippen LogP contribution < -0.4 is 0 Å². The molecule has 7 aliphatic heterocycles. The molecule has 0 aliphatic carbocycles. The molecule has 0 radical (unpaired) electrons. The molecule has 0 saturated carbocycles. The lowest BCUT2D eigenvalue weighted by atomic mass is 9.92. The van der Waals surface area contributed by atoms with Crippen LogP contribution in [0.15, 0.2) is 0 Å². The van der Waals surface area contributed by atoms with Crippen LogP contribution in [0.3, 0.4) is 0 Å². The number of ketones is 1. The number of carbonyl (C=O) groups excluding carboxylic acids is 1. The van der Waals surface area contributed by atoms with E-state index in [1.807, 2.05) is 0 Å². The molecule has 35 atom stereocenters. The van der Waals surface area contributed by atoms with Gasteiger partial charge in [-0.25, -0.2) is 0 Å². The number of alkyl halides is 1. The second-order valence-corrected chi connectivity index (χ2v) is 21.1. The fraction of sp³-hybridized carbons (Fsp3) is 0.978. The highest BCUT2D eigenvalue weighted by Gasteiger charge is 2.58. The number of ether oxygens (including phenoxy) is 13. The SMILES string of the molecule is O=C(CBr)C[C@@H]1OC(CO)[C@@H](O[C@H]2OC(CO)[C@@H](O[C@H]3OC(CO)[C@@H](O[C@H]4OC(CO)[C@@H](O[C@H]5OC(CO)[C@@H](O[C@H]6OC(CO)[C@@H](O[C@H]7OC(CO)[C@@H](O)[C@H](O)C7O)[C@H](O)C6O)[C@H](O)C5O)[C@H](O)C4O)[C@H](O)C3O)[C@H](O)C2O)[C@H](O)C1O. The average Bonchev–Trinajstić information content (AvgIpc) is 3.01. The van der Waals surface area contributed by atoms with Crippen LogP contribution in [0.4, 0.5) is 0 Å². The van der Waals surface area contributed by atoms with E-state index in [2.05, 4.69) is 15.9 Å². The van der Waals surface area contributed by atoms with E-state index in [1.165, 1.54) is 0 Å². The summed E-state index contributed by atoms with van der Waals surface area (Å²) in [4.78, 5) is 12.0. The zero-order valence-corrected chi connectivity index (χ0v) is 44.6. The van der Waals surface area contributed by atoms with E-state index >= 15 is 0 Å². The maximum Gasteiger partial charge on any atom is 0.187 e. The summed E-state index contributed by atoms with van der Waals surface area (Å²) in [6.07, 6.45) is -66.8. The Morgan fingerprint density at radius 2 is 0.463 bits per heavy atom. The van der Waals surface area contributed by atoms with Crippen molar-refractivity contribution in [3.8, 4) is 0 Å². The van der Waals surface area contributed by atoms with E-state index in [9.17, 15) is 117 Å². The van der Waals surface area contributed by atoms with Crippen LogP contribution in [0.25, 0.3) is 0 Å². The van der Waals surface area contributed by atoms with Gasteiger partial charge in [0.15, 0.2) is 37.7 Å². The van der Waals surface area contributed by atoms with Crippen molar-refractivity contribution in [2.75, 3.05) is 51.6 Å². The minimum atomic E-state index is -2.23. The lowest BCUT2D eigenvalue weighted by molar-refractivity contribution is -0.397. The van der Waals surface area contributed by atoms with Gasteiger partial charge in [0.05, 0.1) is 57.7 Å². The molecule has 7 heterocycles.